The molecule has 2 aromatic carbocycles. The molecule has 4 rings (SSSR count). The van der Waals surface area contributed by atoms with Crippen LogP contribution < -0.4 is 14.8 Å². The van der Waals surface area contributed by atoms with Gasteiger partial charge < -0.3 is 19.7 Å². The average Bonchev–Trinajstić information content (AvgIpc) is 2.96. The Labute approximate surface area is 240 Å². The highest BCUT2D eigenvalue weighted by Gasteiger charge is 2.37. The van der Waals surface area contributed by atoms with E-state index in [4.69, 9.17) is 9.47 Å². The van der Waals surface area contributed by atoms with Gasteiger partial charge in [0, 0.05) is 24.0 Å². The number of ether oxygens (including phenoxy) is 2. The van der Waals surface area contributed by atoms with Gasteiger partial charge in [0.2, 0.25) is 11.8 Å². The zero-order valence-corrected chi connectivity index (χ0v) is 24.2. The SMILES string of the molecule is COc1ccc(NC(=O)C(C2CC=CCC2)N(Cc2ccccc2)C(=O)CSc2nc(C)cc(C)n2)c(OC)c1. The molecule has 40 heavy (non-hydrogen) atoms. The Kier molecular flexibility index (Phi) is 10.2. The number of rotatable bonds is 11. The number of aromatic nitrogens is 2. The molecule has 0 fully saturated rings. The minimum absolute atomic E-state index is 0.0376. The van der Waals surface area contributed by atoms with Crippen LogP contribution in [0.15, 0.2) is 71.9 Å². The highest BCUT2D eigenvalue weighted by atomic mass is 32.2. The zero-order valence-electron chi connectivity index (χ0n) is 23.4. The van der Waals surface area contributed by atoms with Crippen molar-refractivity contribution in [3.05, 3.63) is 83.7 Å². The summed E-state index contributed by atoms with van der Waals surface area (Å²) < 4.78 is 10.8. The van der Waals surface area contributed by atoms with Crippen molar-refractivity contribution in [3.63, 3.8) is 0 Å². The number of allylic oxidation sites excluding steroid dienone is 2. The van der Waals surface area contributed by atoms with Crippen LogP contribution in [0.1, 0.15) is 36.2 Å². The summed E-state index contributed by atoms with van der Waals surface area (Å²) in [5.41, 5.74) is 3.18. The summed E-state index contributed by atoms with van der Waals surface area (Å²) in [6, 6.07) is 16.2. The van der Waals surface area contributed by atoms with E-state index in [-0.39, 0.29) is 23.5 Å². The Hall–Kier alpha value is -3.85. The van der Waals surface area contributed by atoms with Crippen LogP contribution in [0.4, 0.5) is 5.69 Å². The molecule has 1 aliphatic rings. The molecule has 0 aliphatic heterocycles. The van der Waals surface area contributed by atoms with Gasteiger partial charge in [-0.1, -0.05) is 54.2 Å². The minimum atomic E-state index is -0.690. The van der Waals surface area contributed by atoms with Gasteiger partial charge in [-0.15, -0.1) is 0 Å². The van der Waals surface area contributed by atoms with Crippen molar-refractivity contribution < 1.29 is 19.1 Å². The number of nitrogens with one attached hydrogen (secondary N) is 1. The van der Waals surface area contributed by atoms with Crippen molar-refractivity contribution >= 4 is 29.3 Å². The van der Waals surface area contributed by atoms with E-state index in [0.29, 0.717) is 35.3 Å². The monoisotopic (exact) mass is 560 g/mol. The van der Waals surface area contributed by atoms with Gasteiger partial charge in [0.1, 0.15) is 17.5 Å². The maximum absolute atomic E-state index is 14.1. The summed E-state index contributed by atoms with van der Waals surface area (Å²) in [7, 11) is 3.12. The van der Waals surface area contributed by atoms with Crippen molar-refractivity contribution in [1.82, 2.24) is 14.9 Å². The molecule has 8 nitrogen and oxygen atoms in total. The van der Waals surface area contributed by atoms with E-state index in [1.807, 2.05) is 50.2 Å². The highest BCUT2D eigenvalue weighted by Crippen LogP contribution is 2.32. The molecule has 0 spiro atoms. The molecular weight excluding hydrogens is 524 g/mol. The van der Waals surface area contributed by atoms with Gasteiger partial charge in [-0.05, 0) is 62.8 Å². The molecular formula is C31H36N4O4S. The lowest BCUT2D eigenvalue weighted by Gasteiger charge is -2.37. The number of methoxy groups -OCH3 is 2. The number of amides is 2. The van der Waals surface area contributed by atoms with Crippen molar-refractivity contribution in [2.24, 2.45) is 5.92 Å². The van der Waals surface area contributed by atoms with Gasteiger partial charge in [0.05, 0.1) is 25.7 Å². The first-order valence-electron chi connectivity index (χ1n) is 13.3. The van der Waals surface area contributed by atoms with E-state index in [0.717, 1.165) is 29.8 Å². The number of nitrogens with zero attached hydrogens (tertiary/aromatic N) is 3. The van der Waals surface area contributed by atoms with Crippen LogP contribution in [0.3, 0.4) is 0 Å². The maximum atomic E-state index is 14.1. The topological polar surface area (TPSA) is 93.7 Å². The summed E-state index contributed by atoms with van der Waals surface area (Å²) in [6.45, 7) is 4.13. The Morgan fingerprint density at radius 2 is 1.77 bits per heavy atom. The first-order chi connectivity index (χ1) is 19.4. The summed E-state index contributed by atoms with van der Waals surface area (Å²) in [5.74, 6) is 0.792. The fraction of sp³-hybridized carbons (Fsp3) is 0.355. The molecule has 1 aliphatic carbocycles. The molecule has 0 saturated heterocycles. The summed E-state index contributed by atoms with van der Waals surface area (Å²) >= 11 is 1.29. The van der Waals surface area contributed by atoms with E-state index in [1.54, 1.807) is 37.3 Å². The van der Waals surface area contributed by atoms with Crippen LogP contribution in [0.2, 0.25) is 0 Å². The van der Waals surface area contributed by atoms with E-state index in [1.165, 1.54) is 11.8 Å². The van der Waals surface area contributed by atoms with Gasteiger partial charge >= 0.3 is 0 Å². The Morgan fingerprint density at radius 1 is 1.02 bits per heavy atom. The van der Waals surface area contributed by atoms with E-state index < -0.39 is 6.04 Å². The lowest BCUT2D eigenvalue weighted by Crippen LogP contribution is -2.51. The zero-order chi connectivity index (χ0) is 28.5. The largest absolute Gasteiger partial charge is 0.497 e. The van der Waals surface area contributed by atoms with Crippen LogP contribution in [0, 0.1) is 19.8 Å². The third kappa shape index (κ3) is 7.63. The van der Waals surface area contributed by atoms with Gasteiger partial charge in [0.15, 0.2) is 5.16 Å². The van der Waals surface area contributed by atoms with Crippen LogP contribution in [0.5, 0.6) is 11.5 Å². The molecule has 0 saturated carbocycles. The van der Waals surface area contributed by atoms with Gasteiger partial charge in [0.25, 0.3) is 0 Å². The van der Waals surface area contributed by atoms with Crippen LogP contribution in [-0.2, 0) is 16.1 Å². The Bertz CT molecular complexity index is 1330. The molecule has 1 heterocycles. The van der Waals surface area contributed by atoms with Crippen LogP contribution in [0.25, 0.3) is 0 Å². The standard InChI is InChI=1S/C31H36N4O4S/c1-21-17-22(2)33-31(32-21)40-20-28(36)35(19-23-11-7-5-8-12-23)29(24-13-9-6-10-14-24)30(37)34-26-16-15-25(38-3)18-27(26)39-4/h5-9,11-12,15-18,24,29H,10,13-14,19-20H2,1-4H3,(H,34,37). The molecule has 1 N–H and O–H groups in total. The fourth-order valence-corrected chi connectivity index (χ4v) is 5.75. The Morgan fingerprint density at radius 3 is 2.42 bits per heavy atom. The molecule has 2 amide bonds. The third-order valence-corrected chi connectivity index (χ3v) is 7.66. The molecule has 2 atom stereocenters. The minimum Gasteiger partial charge on any atom is -0.497 e. The van der Waals surface area contributed by atoms with Crippen molar-refractivity contribution in [2.75, 3.05) is 25.3 Å². The quantitative estimate of drug-likeness (QED) is 0.185. The highest BCUT2D eigenvalue weighted by molar-refractivity contribution is 7.99. The molecule has 210 valence electrons. The predicted molar refractivity (Wildman–Crippen MR) is 158 cm³/mol. The van der Waals surface area contributed by atoms with Gasteiger partial charge in [-0.2, -0.15) is 0 Å². The summed E-state index contributed by atoms with van der Waals surface area (Å²) in [4.78, 5) is 38.7. The predicted octanol–water partition coefficient (Wildman–Crippen LogP) is 5.60. The van der Waals surface area contributed by atoms with Crippen molar-refractivity contribution in [1.29, 1.82) is 0 Å². The Balaban J connectivity index is 1.66. The fourth-order valence-electron chi connectivity index (χ4n) is 4.91. The number of anilines is 1. The maximum Gasteiger partial charge on any atom is 0.247 e. The van der Waals surface area contributed by atoms with Crippen LogP contribution in [-0.4, -0.2) is 52.7 Å². The number of aryl methyl sites for hydroxylation is 2. The summed E-state index contributed by atoms with van der Waals surface area (Å²) in [5, 5.41) is 3.60. The second-order valence-corrected chi connectivity index (χ2v) is 10.7. The average molecular weight is 561 g/mol. The van der Waals surface area contributed by atoms with Gasteiger partial charge in [-0.25, -0.2) is 9.97 Å². The number of carbonyl (C=O) groups is 2. The first kappa shape index (κ1) is 29.1. The van der Waals surface area contributed by atoms with E-state index >= 15 is 0 Å². The van der Waals surface area contributed by atoms with Gasteiger partial charge in [-0.3, -0.25) is 9.59 Å². The first-order valence-corrected chi connectivity index (χ1v) is 14.3. The summed E-state index contributed by atoms with van der Waals surface area (Å²) in [6.07, 6.45) is 6.61. The molecule has 3 aromatic rings. The lowest BCUT2D eigenvalue weighted by molar-refractivity contribution is -0.139. The second-order valence-electron chi connectivity index (χ2n) is 9.77. The number of thioether (sulfide) groups is 1. The normalized spacial score (nSPS) is 15.2. The number of hydrogen-bond donors (Lipinski definition) is 1. The molecule has 0 bridgehead atoms. The van der Waals surface area contributed by atoms with Crippen molar-refractivity contribution in [2.45, 2.75) is 50.9 Å². The number of benzene rings is 2. The smallest absolute Gasteiger partial charge is 0.247 e. The molecule has 1 aromatic heterocycles. The number of hydrogen-bond acceptors (Lipinski definition) is 7. The van der Waals surface area contributed by atoms with Crippen LogP contribution >= 0.6 is 11.8 Å². The molecule has 9 heteroatoms. The lowest BCUT2D eigenvalue weighted by atomic mass is 9.86. The third-order valence-electron chi connectivity index (χ3n) is 6.83. The molecule has 2 unspecified atom stereocenters. The molecule has 0 radical (unpaired) electrons. The number of carbonyl (C=O) groups excluding carboxylic acids is 2. The van der Waals surface area contributed by atoms with E-state index in [2.05, 4.69) is 27.4 Å². The van der Waals surface area contributed by atoms with Crippen molar-refractivity contribution in [3.8, 4) is 11.5 Å². The second kappa shape index (κ2) is 14.0. The van der Waals surface area contributed by atoms with E-state index in [9.17, 15) is 9.59 Å².